The van der Waals surface area contributed by atoms with Gasteiger partial charge in [-0.05, 0) is 35.4 Å². The number of rotatable bonds is 6. The average Bonchev–Trinajstić information content (AvgIpc) is 3.15. The molecule has 0 amide bonds. The van der Waals surface area contributed by atoms with Crippen molar-refractivity contribution < 1.29 is 17.9 Å². The number of anilines is 1. The van der Waals surface area contributed by atoms with Gasteiger partial charge in [-0.1, -0.05) is 30.3 Å². The van der Waals surface area contributed by atoms with E-state index in [0.29, 0.717) is 35.2 Å². The molecule has 2 N–H and O–H groups in total. The molecule has 4 aromatic rings. The Kier molecular flexibility index (Phi) is 5.95. The topological polar surface area (TPSA) is 75.1 Å². The van der Waals surface area contributed by atoms with Crippen molar-refractivity contribution in [3.63, 3.8) is 0 Å². The highest BCUT2D eigenvalue weighted by Gasteiger charge is 2.30. The number of benzene rings is 2. The molecule has 9 heteroatoms. The number of imidazole rings is 1. The average molecular weight is 454 g/mol. The Morgan fingerprint density at radius 3 is 2.45 bits per heavy atom. The van der Waals surface area contributed by atoms with Crippen LogP contribution in [0.1, 0.15) is 22.5 Å². The number of aromatic nitrogens is 3. The lowest BCUT2D eigenvalue weighted by Crippen LogP contribution is -2.17. The largest absolute Gasteiger partial charge is 0.497 e. The summed E-state index contributed by atoms with van der Waals surface area (Å²) in [5, 5.41) is 0. The van der Waals surface area contributed by atoms with Crippen molar-refractivity contribution in [1.82, 2.24) is 14.1 Å². The van der Waals surface area contributed by atoms with Crippen LogP contribution in [0.3, 0.4) is 0 Å². The molecule has 6 nitrogen and oxygen atoms in total. The number of nitrogens with zero attached hydrogens (tertiary/aromatic N) is 3. The fourth-order valence-corrected chi connectivity index (χ4v) is 3.48. The van der Waals surface area contributed by atoms with Gasteiger partial charge < -0.3 is 15.0 Å². The van der Waals surface area contributed by atoms with Gasteiger partial charge in [0.2, 0.25) is 0 Å². The van der Waals surface area contributed by atoms with Crippen LogP contribution in [-0.2, 0) is 19.1 Å². The maximum absolute atomic E-state index is 13.2. The number of hydrogen-bond donors (Lipinski definition) is 1. The smallest absolute Gasteiger partial charge is 0.416 e. The van der Waals surface area contributed by atoms with E-state index in [1.807, 2.05) is 28.8 Å². The van der Waals surface area contributed by atoms with Gasteiger partial charge >= 0.3 is 6.18 Å². The first kappa shape index (κ1) is 22.2. The van der Waals surface area contributed by atoms with Crippen LogP contribution in [0.5, 0.6) is 5.75 Å². The van der Waals surface area contributed by atoms with E-state index in [2.05, 4.69) is 4.98 Å². The number of methoxy groups -OCH3 is 1. The van der Waals surface area contributed by atoms with E-state index in [9.17, 15) is 18.0 Å². The van der Waals surface area contributed by atoms with Crippen molar-refractivity contribution >= 4 is 5.69 Å². The molecule has 4 rings (SSSR count). The fraction of sp³-hybridized carbons (Fsp3) is 0.167. The zero-order chi connectivity index (χ0) is 23.6. The van der Waals surface area contributed by atoms with Crippen LogP contribution in [0.4, 0.5) is 18.9 Å². The van der Waals surface area contributed by atoms with E-state index < -0.39 is 11.7 Å². The molecule has 0 saturated carbocycles. The second kappa shape index (κ2) is 8.85. The second-order valence-corrected chi connectivity index (χ2v) is 7.53. The fourth-order valence-electron chi connectivity index (χ4n) is 3.48. The molecule has 0 spiro atoms. The zero-order valence-electron chi connectivity index (χ0n) is 17.7. The van der Waals surface area contributed by atoms with Crippen LogP contribution < -0.4 is 16.0 Å². The molecule has 0 unspecified atom stereocenters. The highest BCUT2D eigenvalue weighted by atomic mass is 19.4. The Bertz CT molecular complexity index is 1320. The predicted molar refractivity (Wildman–Crippen MR) is 119 cm³/mol. The lowest BCUT2D eigenvalue weighted by atomic mass is 10.1. The molecule has 2 aromatic carbocycles. The highest BCUT2D eigenvalue weighted by Crippen LogP contribution is 2.30. The summed E-state index contributed by atoms with van der Waals surface area (Å²) in [6.45, 7) is 0.412. The van der Waals surface area contributed by atoms with Gasteiger partial charge in [-0.15, -0.1) is 0 Å². The highest BCUT2D eigenvalue weighted by molar-refractivity contribution is 5.38. The Hall–Kier alpha value is -4.01. The number of ether oxygens (including phenoxy) is 1. The minimum atomic E-state index is -4.43. The summed E-state index contributed by atoms with van der Waals surface area (Å²) in [5.74, 6) is 1.59. The molecule has 0 atom stereocenters. The van der Waals surface area contributed by atoms with Crippen LogP contribution in [0.15, 0.2) is 77.9 Å². The van der Waals surface area contributed by atoms with Crippen molar-refractivity contribution in [3.8, 4) is 11.6 Å². The second-order valence-electron chi connectivity index (χ2n) is 7.53. The van der Waals surface area contributed by atoms with Crippen LogP contribution in [0.25, 0.3) is 5.82 Å². The Labute approximate surface area is 187 Å². The standard InChI is InChI=1S/C24H21F3N4O2/c1-33-20-7-5-16(6-8-20)14-30-15-22(31-10-9-19(28)13-23(31)32)29-21(30)12-17-3-2-4-18(11-17)24(25,26)27/h2-11,13,15H,12,14,28H2,1H3. The van der Waals surface area contributed by atoms with Gasteiger partial charge in [0.15, 0.2) is 5.82 Å². The van der Waals surface area contributed by atoms with Gasteiger partial charge in [0.05, 0.1) is 12.7 Å². The Morgan fingerprint density at radius 2 is 1.79 bits per heavy atom. The SMILES string of the molecule is COc1ccc(Cn2cc(-n3ccc(N)cc3=O)nc2Cc2cccc(C(F)(F)F)c2)cc1. The minimum Gasteiger partial charge on any atom is -0.497 e. The molecule has 170 valence electrons. The van der Waals surface area contributed by atoms with Gasteiger partial charge in [-0.2, -0.15) is 13.2 Å². The lowest BCUT2D eigenvalue weighted by molar-refractivity contribution is -0.137. The summed E-state index contributed by atoms with van der Waals surface area (Å²) in [7, 11) is 1.58. The summed E-state index contributed by atoms with van der Waals surface area (Å²) < 4.78 is 47.8. The number of hydrogen-bond acceptors (Lipinski definition) is 4. The molecule has 0 fully saturated rings. The maximum atomic E-state index is 13.2. The molecular formula is C24H21F3N4O2. The third kappa shape index (κ3) is 5.08. The monoisotopic (exact) mass is 454 g/mol. The van der Waals surface area contributed by atoms with Crippen molar-refractivity contribution in [2.75, 3.05) is 12.8 Å². The molecule has 2 heterocycles. The van der Waals surface area contributed by atoms with Crippen LogP contribution in [0, 0.1) is 0 Å². The van der Waals surface area contributed by atoms with Gasteiger partial charge in [0, 0.05) is 37.1 Å². The molecule has 0 bridgehead atoms. The summed E-state index contributed by atoms with van der Waals surface area (Å²) in [4.78, 5) is 17.0. The first-order chi connectivity index (χ1) is 15.7. The van der Waals surface area contributed by atoms with Crippen LogP contribution in [0.2, 0.25) is 0 Å². The first-order valence-electron chi connectivity index (χ1n) is 10.1. The van der Waals surface area contributed by atoms with Crippen LogP contribution >= 0.6 is 0 Å². The molecule has 0 radical (unpaired) electrons. The van der Waals surface area contributed by atoms with Gasteiger partial charge in [0.1, 0.15) is 11.6 Å². The van der Waals surface area contributed by atoms with Gasteiger partial charge in [-0.3, -0.25) is 9.36 Å². The summed E-state index contributed by atoms with van der Waals surface area (Å²) >= 11 is 0. The van der Waals surface area contributed by atoms with E-state index in [0.717, 1.165) is 17.7 Å². The van der Waals surface area contributed by atoms with Crippen LogP contribution in [-0.4, -0.2) is 21.2 Å². The number of pyridine rings is 1. The predicted octanol–water partition coefficient (Wildman–Crippen LogP) is 4.28. The van der Waals surface area contributed by atoms with E-state index in [1.165, 1.54) is 22.9 Å². The Morgan fingerprint density at radius 1 is 1.03 bits per heavy atom. The third-order valence-corrected chi connectivity index (χ3v) is 5.17. The van der Waals surface area contributed by atoms with Crippen molar-refractivity contribution in [2.45, 2.75) is 19.1 Å². The number of alkyl halides is 3. The lowest BCUT2D eigenvalue weighted by Gasteiger charge is -2.11. The molecule has 33 heavy (non-hydrogen) atoms. The number of halogens is 3. The minimum absolute atomic E-state index is 0.157. The number of nitrogen functional groups attached to an aromatic ring is 1. The molecule has 0 saturated heterocycles. The van der Waals surface area contributed by atoms with E-state index in [-0.39, 0.29) is 12.0 Å². The summed E-state index contributed by atoms with van der Waals surface area (Å²) in [5.41, 5.74) is 6.34. The van der Waals surface area contributed by atoms with Gasteiger partial charge in [-0.25, -0.2) is 4.98 Å². The first-order valence-corrected chi connectivity index (χ1v) is 10.1. The van der Waals surface area contributed by atoms with Crippen molar-refractivity contribution in [1.29, 1.82) is 0 Å². The quantitative estimate of drug-likeness (QED) is 0.472. The molecule has 0 aliphatic heterocycles. The van der Waals surface area contributed by atoms with E-state index >= 15 is 0 Å². The maximum Gasteiger partial charge on any atom is 0.416 e. The van der Waals surface area contributed by atoms with Crippen molar-refractivity contribution in [2.24, 2.45) is 0 Å². The number of nitrogens with two attached hydrogens (primary N) is 1. The third-order valence-electron chi connectivity index (χ3n) is 5.17. The Balaban J connectivity index is 1.73. The van der Waals surface area contributed by atoms with Crippen molar-refractivity contribution in [3.05, 3.63) is 106 Å². The summed E-state index contributed by atoms with van der Waals surface area (Å²) in [6.07, 6.45) is -1.06. The molecule has 2 aromatic heterocycles. The normalized spacial score (nSPS) is 11.5. The van der Waals surface area contributed by atoms with E-state index in [4.69, 9.17) is 10.5 Å². The zero-order valence-corrected chi connectivity index (χ0v) is 17.7. The molecular weight excluding hydrogens is 433 g/mol. The molecule has 0 aliphatic rings. The molecule has 0 aliphatic carbocycles. The van der Waals surface area contributed by atoms with Gasteiger partial charge in [0.25, 0.3) is 5.56 Å². The summed E-state index contributed by atoms with van der Waals surface area (Å²) in [6, 6.07) is 15.4. The van der Waals surface area contributed by atoms with E-state index in [1.54, 1.807) is 25.4 Å².